The first-order valence-corrected chi connectivity index (χ1v) is 15.5. The third-order valence-corrected chi connectivity index (χ3v) is 8.15. The molecule has 9 nitrogen and oxygen atoms in total. The van der Waals surface area contributed by atoms with Crippen LogP contribution in [0, 0.1) is 10.5 Å². The lowest BCUT2D eigenvalue weighted by Gasteiger charge is -2.26. The van der Waals surface area contributed by atoms with E-state index in [-0.39, 0.29) is 22.6 Å². The van der Waals surface area contributed by atoms with Gasteiger partial charge in [0.25, 0.3) is 17.4 Å². The number of phenols is 1. The summed E-state index contributed by atoms with van der Waals surface area (Å²) >= 11 is 2.12. The Morgan fingerprint density at radius 3 is 2.44 bits per heavy atom. The van der Waals surface area contributed by atoms with Crippen molar-refractivity contribution >= 4 is 45.9 Å². The molecule has 1 aliphatic heterocycles. The van der Waals surface area contributed by atoms with Gasteiger partial charge in [-0.3, -0.25) is 14.4 Å². The van der Waals surface area contributed by atoms with Gasteiger partial charge < -0.3 is 25.2 Å². The second-order valence-electron chi connectivity index (χ2n) is 10.7. The Kier molecular flexibility index (Phi) is 9.88. The molecular formula is C33H34IN5O4. The van der Waals surface area contributed by atoms with Gasteiger partial charge in [0.1, 0.15) is 11.6 Å². The van der Waals surface area contributed by atoms with E-state index in [0.717, 1.165) is 29.6 Å². The number of nitrogens with zero attached hydrogens (tertiary/aromatic N) is 3. The number of hydrogen-bond donors (Lipinski definition) is 3. The van der Waals surface area contributed by atoms with Crippen LogP contribution in [0.25, 0.3) is 11.1 Å². The van der Waals surface area contributed by atoms with Gasteiger partial charge >= 0.3 is 0 Å². The number of anilines is 2. The van der Waals surface area contributed by atoms with Crippen molar-refractivity contribution in [3.05, 3.63) is 104 Å². The fourth-order valence-electron chi connectivity index (χ4n) is 5.28. The number of carbonyl (C=O) groups excluding carboxylic acids is 2. The highest BCUT2D eigenvalue weighted by atomic mass is 127. The van der Waals surface area contributed by atoms with E-state index >= 15 is 0 Å². The number of halogens is 1. The highest BCUT2D eigenvalue weighted by molar-refractivity contribution is 14.1. The Hall–Kier alpha value is -4.03. The molecular weight excluding hydrogens is 657 g/mol. The van der Waals surface area contributed by atoms with Gasteiger partial charge in [-0.15, -0.1) is 0 Å². The van der Waals surface area contributed by atoms with Crippen LogP contribution in [0.2, 0.25) is 0 Å². The van der Waals surface area contributed by atoms with Crippen molar-refractivity contribution in [2.45, 2.75) is 39.2 Å². The zero-order valence-corrected chi connectivity index (χ0v) is 26.1. The number of pyridine rings is 2. The van der Waals surface area contributed by atoms with Crippen molar-refractivity contribution in [3.8, 4) is 16.9 Å². The summed E-state index contributed by atoms with van der Waals surface area (Å²) in [4.78, 5) is 46.2. The van der Waals surface area contributed by atoms with Gasteiger partial charge in [-0.2, -0.15) is 0 Å². The van der Waals surface area contributed by atoms with Crippen LogP contribution in [0.3, 0.4) is 0 Å². The van der Waals surface area contributed by atoms with E-state index in [1.165, 1.54) is 25.3 Å². The molecule has 0 bridgehead atoms. The fraction of sp³-hybridized carbons (Fsp3) is 0.273. The lowest BCUT2D eigenvalue weighted by atomic mass is 10.0. The maximum Gasteiger partial charge on any atom is 0.259 e. The summed E-state index contributed by atoms with van der Waals surface area (Å²) in [5.74, 6) is -0.901. The summed E-state index contributed by atoms with van der Waals surface area (Å²) in [6.07, 6.45) is 8.15. The van der Waals surface area contributed by atoms with Gasteiger partial charge in [0, 0.05) is 33.6 Å². The maximum atomic E-state index is 13.2. The molecule has 4 aromatic rings. The van der Waals surface area contributed by atoms with Crippen molar-refractivity contribution in [1.82, 2.24) is 14.5 Å². The van der Waals surface area contributed by atoms with Gasteiger partial charge in [-0.1, -0.05) is 18.6 Å². The average molecular weight is 692 g/mol. The summed E-state index contributed by atoms with van der Waals surface area (Å²) in [5.41, 5.74) is 2.27. The molecule has 0 aliphatic carbocycles. The highest BCUT2D eigenvalue weighted by Crippen LogP contribution is 2.31. The Bertz CT molecular complexity index is 1660. The van der Waals surface area contributed by atoms with Crippen LogP contribution >= 0.6 is 22.6 Å². The van der Waals surface area contributed by atoms with E-state index in [9.17, 15) is 19.5 Å². The van der Waals surface area contributed by atoms with E-state index in [0.29, 0.717) is 34.6 Å². The van der Waals surface area contributed by atoms with Crippen LogP contribution in [-0.2, 0) is 6.54 Å². The molecule has 0 saturated carbocycles. The second kappa shape index (κ2) is 14.0. The van der Waals surface area contributed by atoms with Crippen molar-refractivity contribution < 1.29 is 14.7 Å². The molecule has 222 valence electrons. The van der Waals surface area contributed by atoms with Gasteiger partial charge in [-0.25, -0.2) is 4.98 Å². The summed E-state index contributed by atoms with van der Waals surface area (Å²) in [6, 6.07) is 16.9. The smallest absolute Gasteiger partial charge is 0.259 e. The first-order chi connectivity index (χ1) is 20.8. The fourth-order valence-corrected chi connectivity index (χ4v) is 5.60. The number of phenolic OH excluding ortho intramolecular Hbond substituents is 1. The second-order valence-corrected chi connectivity index (χ2v) is 12.0. The number of aromatic hydroxyl groups is 1. The standard InChI is InChI=1S/C33H34IN5O4/c1-22-19-27(32(42)36-29-13-12-25(34)21-35-29)30(28(40)20-22)37-31(41)24-10-8-23(9-11-24)26-7-5-17-39(33(26)43)18-6-16-38-14-3-2-4-15-38/h5,7-13,17,19-21,40H,2-4,6,14-16,18H2,1H3,(H,37,41)(H,35,36,42). The molecule has 0 unspecified atom stereocenters. The number of carbonyl (C=O) groups is 2. The quantitative estimate of drug-likeness (QED) is 0.149. The molecule has 10 heteroatoms. The summed E-state index contributed by atoms with van der Waals surface area (Å²) in [6.45, 7) is 5.66. The van der Waals surface area contributed by atoms with Crippen molar-refractivity contribution in [1.29, 1.82) is 0 Å². The van der Waals surface area contributed by atoms with Crippen molar-refractivity contribution in [3.63, 3.8) is 0 Å². The van der Waals surface area contributed by atoms with Gasteiger partial charge in [0.2, 0.25) is 0 Å². The Morgan fingerprint density at radius 1 is 0.953 bits per heavy atom. The van der Waals surface area contributed by atoms with Crippen LogP contribution in [0.5, 0.6) is 5.75 Å². The SMILES string of the molecule is Cc1cc(O)c(NC(=O)c2ccc(-c3cccn(CCCN4CCCCC4)c3=O)cc2)c(C(=O)Nc2ccc(I)cn2)c1. The molecule has 5 rings (SSSR count). The van der Waals surface area contributed by atoms with E-state index in [4.69, 9.17) is 0 Å². The minimum Gasteiger partial charge on any atom is -0.506 e. The molecule has 43 heavy (non-hydrogen) atoms. The largest absolute Gasteiger partial charge is 0.506 e. The number of benzene rings is 2. The van der Waals surface area contributed by atoms with Crippen molar-refractivity contribution in [2.24, 2.45) is 0 Å². The van der Waals surface area contributed by atoms with E-state index < -0.39 is 11.8 Å². The van der Waals surface area contributed by atoms with Crippen LogP contribution in [-0.4, -0.2) is 51.0 Å². The number of rotatable bonds is 9. The first-order valence-electron chi connectivity index (χ1n) is 14.4. The minimum absolute atomic E-state index is 0.00168. The molecule has 1 aliphatic rings. The third kappa shape index (κ3) is 7.68. The predicted octanol–water partition coefficient (Wildman–Crippen LogP) is 5.91. The predicted molar refractivity (Wildman–Crippen MR) is 177 cm³/mol. The van der Waals surface area contributed by atoms with E-state index in [1.807, 2.05) is 18.3 Å². The Balaban J connectivity index is 1.28. The average Bonchev–Trinajstić information content (AvgIpc) is 3.01. The molecule has 0 atom stereocenters. The molecule has 1 fully saturated rings. The van der Waals surface area contributed by atoms with Gasteiger partial charge in [0.15, 0.2) is 0 Å². The number of amides is 2. The van der Waals surface area contributed by atoms with Crippen LogP contribution in [0.4, 0.5) is 11.5 Å². The lowest BCUT2D eigenvalue weighted by molar-refractivity contribution is 0.102. The van der Waals surface area contributed by atoms with Crippen LogP contribution in [0.1, 0.15) is 52.0 Å². The number of hydrogen-bond acceptors (Lipinski definition) is 6. The molecule has 3 heterocycles. The van der Waals surface area contributed by atoms with E-state index in [2.05, 4.69) is 43.1 Å². The third-order valence-electron chi connectivity index (χ3n) is 7.51. The maximum absolute atomic E-state index is 13.2. The van der Waals surface area contributed by atoms with Crippen molar-refractivity contribution in [2.75, 3.05) is 30.3 Å². The summed E-state index contributed by atoms with van der Waals surface area (Å²) in [7, 11) is 0. The lowest BCUT2D eigenvalue weighted by Crippen LogP contribution is -2.31. The number of aryl methyl sites for hydroxylation is 2. The molecule has 2 aromatic heterocycles. The zero-order chi connectivity index (χ0) is 30.3. The van der Waals surface area contributed by atoms with Crippen LogP contribution < -0.4 is 16.2 Å². The summed E-state index contributed by atoms with van der Waals surface area (Å²) in [5, 5.41) is 16.0. The molecule has 3 N–H and O–H groups in total. The number of piperidine rings is 1. The van der Waals surface area contributed by atoms with Crippen LogP contribution in [0.15, 0.2) is 77.9 Å². The Labute approximate surface area is 264 Å². The first kappa shape index (κ1) is 30.4. The minimum atomic E-state index is -0.519. The number of aromatic nitrogens is 2. The monoisotopic (exact) mass is 691 g/mol. The normalized spacial score (nSPS) is 13.4. The number of likely N-dealkylation sites (tertiary alicyclic amines) is 1. The van der Waals surface area contributed by atoms with E-state index in [1.54, 1.807) is 60.2 Å². The molecule has 2 amide bonds. The van der Waals surface area contributed by atoms with Gasteiger partial charge in [0.05, 0.1) is 11.3 Å². The molecule has 1 saturated heterocycles. The highest BCUT2D eigenvalue weighted by Gasteiger charge is 2.20. The number of nitrogens with one attached hydrogen (secondary N) is 2. The molecule has 0 radical (unpaired) electrons. The zero-order valence-electron chi connectivity index (χ0n) is 24.0. The molecule has 0 spiro atoms. The summed E-state index contributed by atoms with van der Waals surface area (Å²) < 4.78 is 2.67. The topological polar surface area (TPSA) is 117 Å². The molecule has 2 aromatic carbocycles. The Morgan fingerprint density at radius 2 is 1.72 bits per heavy atom. The van der Waals surface area contributed by atoms with Gasteiger partial charge in [-0.05, 0) is 128 Å².